The second-order valence-corrected chi connectivity index (χ2v) is 26.3. The van der Waals surface area contributed by atoms with Gasteiger partial charge in [0.15, 0.2) is 6.23 Å². The molecule has 8 heterocycles. The van der Waals surface area contributed by atoms with Crippen LogP contribution in [-0.4, -0.2) is 117 Å². The number of hydrogen-bond donors (Lipinski definition) is 1. The Morgan fingerprint density at radius 1 is 1.00 bits per heavy atom. The lowest BCUT2D eigenvalue weighted by Crippen LogP contribution is -2.44. The summed E-state index contributed by atoms with van der Waals surface area (Å²) in [5, 5.41) is 20.4. The Morgan fingerprint density at radius 3 is 2.56 bits per heavy atom. The average Bonchev–Trinajstić information content (AvgIpc) is 4.00. The van der Waals surface area contributed by atoms with Crippen LogP contribution >= 0.6 is 0 Å². The molecule has 4 fully saturated rings. The van der Waals surface area contributed by atoms with Gasteiger partial charge < -0.3 is 28.8 Å². The van der Waals surface area contributed by atoms with Crippen molar-refractivity contribution >= 4 is 57.5 Å². The van der Waals surface area contributed by atoms with Gasteiger partial charge in [0.1, 0.15) is 43.7 Å². The number of aromatic nitrogens is 6. The number of halogens is 2. The molecule has 4 aliphatic heterocycles. The summed E-state index contributed by atoms with van der Waals surface area (Å²) in [4.78, 5) is 19.8. The van der Waals surface area contributed by atoms with Gasteiger partial charge in [-0.15, -0.1) is 5.54 Å². The first-order valence-electron chi connectivity index (χ1n) is 24.1. The lowest BCUT2D eigenvalue weighted by molar-refractivity contribution is -0.0366. The molecule has 0 spiro atoms. The van der Waals surface area contributed by atoms with Crippen molar-refractivity contribution in [3.8, 4) is 28.7 Å². The molecule has 1 N–H and O–H groups in total. The van der Waals surface area contributed by atoms with Crippen molar-refractivity contribution < 1.29 is 28.1 Å². The molecule has 0 amide bonds. The third kappa shape index (κ3) is 7.46. The number of aryl methyl sites for hydroxylation is 1. The molecule has 4 atom stereocenters. The molecule has 0 saturated carbocycles. The summed E-state index contributed by atoms with van der Waals surface area (Å²) in [6.07, 6.45) is 7.66. The van der Waals surface area contributed by atoms with Crippen molar-refractivity contribution in [1.29, 1.82) is 0 Å². The predicted molar refractivity (Wildman–Crippen MR) is 259 cm³/mol. The normalized spacial score (nSPS) is 24.4. The van der Waals surface area contributed by atoms with Gasteiger partial charge in [-0.25, -0.2) is 13.5 Å². The van der Waals surface area contributed by atoms with E-state index in [0.29, 0.717) is 77.5 Å². The summed E-state index contributed by atoms with van der Waals surface area (Å²) in [5.41, 5.74) is 7.29. The Morgan fingerprint density at radius 2 is 1.80 bits per heavy atom. The van der Waals surface area contributed by atoms with Gasteiger partial charge >= 0.3 is 6.01 Å². The molecule has 12 nitrogen and oxygen atoms in total. The Balaban J connectivity index is 1.24. The largest absolute Gasteiger partial charge is 0.461 e. The summed E-state index contributed by atoms with van der Waals surface area (Å²) in [7, 11) is -0.325. The molecule has 4 saturated heterocycles. The monoisotopic (exact) mass is 918 g/mol. The van der Waals surface area contributed by atoms with Crippen LogP contribution in [0.25, 0.3) is 54.9 Å². The van der Waals surface area contributed by atoms with Crippen LogP contribution < -0.4 is 9.64 Å². The van der Waals surface area contributed by atoms with Crippen molar-refractivity contribution in [2.24, 2.45) is 7.05 Å². The van der Waals surface area contributed by atoms with Crippen LogP contribution in [0, 0.1) is 17.3 Å². The number of rotatable bonds is 9. The van der Waals surface area contributed by atoms with E-state index in [2.05, 4.69) is 68.9 Å². The number of aliphatic hydroxyl groups is 1. The lowest BCUT2D eigenvalue weighted by Gasteiger charge is -2.38. The number of benzene rings is 2. The summed E-state index contributed by atoms with van der Waals surface area (Å²) >= 11 is 0. The van der Waals surface area contributed by atoms with E-state index in [1.165, 1.54) is 0 Å². The Kier molecular flexibility index (Phi) is 11.7. The number of pyridine rings is 1. The quantitative estimate of drug-likeness (QED) is 0.111. The van der Waals surface area contributed by atoms with Gasteiger partial charge in [-0.2, -0.15) is 15.1 Å². The van der Waals surface area contributed by atoms with Crippen LogP contribution in [0.5, 0.6) is 6.01 Å². The van der Waals surface area contributed by atoms with Gasteiger partial charge in [0.25, 0.3) is 0 Å². The van der Waals surface area contributed by atoms with E-state index < -0.39 is 25.4 Å². The maximum absolute atomic E-state index is 16.9. The van der Waals surface area contributed by atoms with Crippen molar-refractivity contribution in [3.05, 3.63) is 48.0 Å². The molecule has 66 heavy (non-hydrogen) atoms. The number of ether oxygens (including phenoxy) is 3. The van der Waals surface area contributed by atoms with Gasteiger partial charge in [-0.3, -0.25) is 9.88 Å². The molecule has 0 aliphatic carbocycles. The predicted octanol–water partition coefficient (Wildman–Crippen LogP) is 9.64. The van der Waals surface area contributed by atoms with Crippen molar-refractivity contribution in [1.82, 2.24) is 34.2 Å². The number of nitrogens with zero attached hydrogens (tertiary/aromatic N) is 8. The van der Waals surface area contributed by atoms with Crippen LogP contribution in [0.15, 0.2) is 36.7 Å². The zero-order valence-electron chi connectivity index (χ0n) is 39.8. The number of β-amino-alcohol motifs (C(OH)–C–C–N with tert-alkyl or cyclic N) is 1. The fourth-order valence-corrected chi connectivity index (χ4v) is 17.6. The van der Waals surface area contributed by atoms with E-state index in [0.717, 1.165) is 76.8 Å². The first kappa shape index (κ1) is 45.1. The Labute approximate surface area is 387 Å². The first-order valence-corrected chi connectivity index (χ1v) is 26.4. The van der Waals surface area contributed by atoms with E-state index in [4.69, 9.17) is 34.3 Å². The van der Waals surface area contributed by atoms with Crippen molar-refractivity contribution in [2.75, 3.05) is 57.5 Å². The third-order valence-electron chi connectivity index (χ3n) is 15.4. The molecule has 0 bridgehead atoms. The van der Waals surface area contributed by atoms with Crippen LogP contribution in [0.2, 0.25) is 16.6 Å². The van der Waals surface area contributed by atoms with Gasteiger partial charge in [0.2, 0.25) is 0 Å². The summed E-state index contributed by atoms with van der Waals surface area (Å²) in [6.45, 7) is 18.9. The van der Waals surface area contributed by atoms with Gasteiger partial charge in [0.05, 0.1) is 59.2 Å². The highest BCUT2D eigenvalue weighted by Gasteiger charge is 2.49. The van der Waals surface area contributed by atoms with E-state index in [9.17, 15) is 9.50 Å². The minimum Gasteiger partial charge on any atom is -0.461 e. The highest BCUT2D eigenvalue weighted by molar-refractivity contribution is 6.90. The third-order valence-corrected chi connectivity index (χ3v) is 21.7. The highest BCUT2D eigenvalue weighted by Crippen LogP contribution is 2.47. The molecule has 2 aromatic carbocycles. The highest BCUT2D eigenvalue weighted by atomic mass is 28.3. The second-order valence-electron chi connectivity index (χ2n) is 20.7. The maximum atomic E-state index is 16.9. The minimum absolute atomic E-state index is 0.181. The van der Waals surface area contributed by atoms with E-state index in [1.807, 2.05) is 34.6 Å². The van der Waals surface area contributed by atoms with Crippen LogP contribution in [0.1, 0.15) is 98.8 Å². The topological polar surface area (TPSA) is 116 Å². The number of anilines is 1. The van der Waals surface area contributed by atoms with Crippen molar-refractivity contribution in [2.45, 2.75) is 127 Å². The summed E-state index contributed by atoms with van der Waals surface area (Å²) in [6, 6.07) is 7.65. The van der Waals surface area contributed by atoms with Gasteiger partial charge in [-0.1, -0.05) is 53.5 Å². The van der Waals surface area contributed by atoms with Crippen LogP contribution in [0.3, 0.4) is 0 Å². The lowest BCUT2D eigenvalue weighted by atomic mass is 9.93. The number of hydrogen-bond acceptors (Lipinski definition) is 10. The number of fused-ring (bicyclic) bond motifs is 6. The van der Waals surface area contributed by atoms with Gasteiger partial charge in [0, 0.05) is 61.1 Å². The number of alkyl halides is 1. The fourth-order valence-electron chi connectivity index (χ4n) is 12.4. The summed E-state index contributed by atoms with van der Waals surface area (Å²) < 4.78 is 54.6. The molecule has 6 aromatic rings. The maximum Gasteiger partial charge on any atom is 0.320 e. The van der Waals surface area contributed by atoms with E-state index >= 15 is 4.39 Å². The molecule has 350 valence electrons. The summed E-state index contributed by atoms with van der Waals surface area (Å²) in [5.74, 6) is 3.76. The van der Waals surface area contributed by atoms with Gasteiger partial charge in [-0.05, 0) is 85.8 Å². The standard InChI is InChI=1S/C51H64F2N8O4Si/c1-31(2)66(32(3)4,33(5)6)23-16-36-39(53)14-13-34-24-40-38(26-55-61(40)41-12-9-10-21-64-41)43(42(34)36)45-46-37(15-18-54-45)44-47(58(46)8)56-49(57-48(44)59-20-22-63-29-50(7,62)28-59)65-30-51-17-11-19-60(51)27-35(52)25-51/h13-15,18,24,26,31-33,35,41,62H,9-12,17,19-22,25,27-30H2,1-8H3/t35-,41?,50+,51+/m1/s1. The molecule has 1 unspecified atom stereocenters. The second kappa shape index (κ2) is 17.1. The molecule has 15 heteroatoms. The smallest absolute Gasteiger partial charge is 0.320 e. The fraction of sp³-hybridized carbons (Fsp3) is 0.569. The Hall–Kier alpha value is -4.72. The molecule has 4 aromatic heterocycles. The molecule has 10 rings (SSSR count). The van der Waals surface area contributed by atoms with E-state index in [-0.39, 0.29) is 37.8 Å². The average molecular weight is 919 g/mol. The first-order chi connectivity index (χ1) is 31.6. The zero-order valence-corrected chi connectivity index (χ0v) is 40.8. The molecular formula is C51H64F2N8O4Si. The zero-order chi connectivity index (χ0) is 46.3. The van der Waals surface area contributed by atoms with E-state index in [1.54, 1.807) is 19.2 Å². The van der Waals surface area contributed by atoms with Crippen LogP contribution in [0.4, 0.5) is 14.6 Å². The molecule has 0 radical (unpaired) electrons. The SMILES string of the molecule is CC(C)[Si](C#Cc1c(F)ccc2cc3c(cnn3C3CCCCO3)c(-c3nccc4c5c(N6CCOC[C@@](C)(O)C6)nc(OC[C@@]67CCCN6C[C@H](F)C7)nc5n(C)c34)c12)(C(C)C)C(C)C. The minimum atomic E-state index is -2.29. The molecule has 4 aliphatic rings. The molecular weight excluding hydrogens is 855 g/mol. The van der Waals surface area contributed by atoms with Crippen molar-refractivity contribution in [3.63, 3.8) is 0 Å². The Bertz CT molecular complexity index is 2880. The van der Waals surface area contributed by atoms with Crippen LogP contribution in [-0.2, 0) is 16.5 Å².